The molecule has 0 amide bonds. The quantitative estimate of drug-likeness (QED) is 0.493. The fourth-order valence-corrected chi connectivity index (χ4v) is 1.88. The molecule has 0 saturated heterocycles. The van der Waals surface area contributed by atoms with Gasteiger partial charge in [-0.1, -0.05) is 25.2 Å². The van der Waals surface area contributed by atoms with Gasteiger partial charge in [-0.3, -0.25) is 10.1 Å². The molecule has 0 fully saturated rings. The minimum Gasteiger partial charge on any atom is -0.343 e. The highest BCUT2D eigenvalue weighted by Gasteiger charge is 2.13. The van der Waals surface area contributed by atoms with Crippen molar-refractivity contribution in [2.75, 3.05) is 0 Å². The molecule has 2 aromatic rings. The molecule has 0 atom stereocenters. The zero-order valence-electron chi connectivity index (χ0n) is 8.56. The molecule has 0 aliphatic carbocycles. The van der Waals surface area contributed by atoms with Gasteiger partial charge < -0.3 is 4.98 Å². The van der Waals surface area contributed by atoms with Crippen LogP contribution in [0.2, 0.25) is 0 Å². The molecule has 0 aliphatic rings. The topological polar surface area (TPSA) is 71.8 Å². The predicted molar refractivity (Wildman–Crippen MR) is 63.0 cm³/mol. The molecule has 0 aliphatic heterocycles. The first-order valence-corrected chi connectivity index (χ1v) is 5.20. The number of non-ortho nitro benzene ring substituents is 1. The third kappa shape index (κ3) is 1.67. The average molecular weight is 235 g/mol. The Kier molecular flexibility index (Phi) is 2.66. The Morgan fingerprint density at radius 1 is 1.56 bits per heavy atom. The number of benzene rings is 1. The van der Waals surface area contributed by atoms with Crippen molar-refractivity contribution in [1.82, 2.24) is 9.97 Å². The second-order valence-corrected chi connectivity index (χ2v) is 3.69. The van der Waals surface area contributed by atoms with Crippen molar-refractivity contribution in [3.05, 3.63) is 38.8 Å². The van der Waals surface area contributed by atoms with Gasteiger partial charge in [0.25, 0.3) is 5.69 Å². The van der Waals surface area contributed by atoms with Gasteiger partial charge in [-0.15, -0.1) is 0 Å². The van der Waals surface area contributed by atoms with E-state index in [9.17, 15) is 10.1 Å². The van der Waals surface area contributed by atoms with Crippen molar-refractivity contribution in [1.29, 1.82) is 0 Å². The summed E-state index contributed by atoms with van der Waals surface area (Å²) in [5, 5.41) is 11.2. The summed E-state index contributed by atoms with van der Waals surface area (Å²) >= 11 is 5.08. The van der Waals surface area contributed by atoms with E-state index < -0.39 is 4.92 Å². The molecule has 2 rings (SSSR count). The molecule has 1 aromatic heterocycles. The third-order valence-electron chi connectivity index (χ3n) is 2.30. The summed E-state index contributed by atoms with van der Waals surface area (Å²) in [7, 11) is 0. The maximum Gasteiger partial charge on any atom is 0.281 e. The summed E-state index contributed by atoms with van der Waals surface area (Å²) < 4.78 is 0.276. The number of aryl methyl sites for hydroxylation is 1. The molecule has 1 aromatic carbocycles. The van der Waals surface area contributed by atoms with Crippen LogP contribution in [-0.4, -0.2) is 14.9 Å². The summed E-state index contributed by atoms with van der Waals surface area (Å²) in [4.78, 5) is 17.5. The maximum atomic E-state index is 10.8. The molecule has 0 unspecified atom stereocenters. The van der Waals surface area contributed by atoms with E-state index in [2.05, 4.69) is 9.97 Å². The summed E-state index contributed by atoms with van der Waals surface area (Å²) in [6.45, 7) is 1.94. The standard InChI is InChI=1S/C10H9N3O2S/c1-2-8-11-6-4-3-5-7(13(14)15)9(6)10(16)12-8/h3-5H,2H2,1H3,(H,11,12,16). The smallest absolute Gasteiger partial charge is 0.281 e. The molecular weight excluding hydrogens is 226 g/mol. The molecule has 6 heteroatoms. The minimum atomic E-state index is -0.445. The minimum absolute atomic E-state index is 0.00565. The number of nitro benzene ring substituents is 1. The van der Waals surface area contributed by atoms with Gasteiger partial charge in [-0.05, 0) is 6.07 Å². The SMILES string of the molecule is CCc1nc(=S)c2c([N+](=O)[O-])cccc2[nH]1. The van der Waals surface area contributed by atoms with E-state index in [4.69, 9.17) is 12.2 Å². The van der Waals surface area contributed by atoms with Crippen molar-refractivity contribution in [2.24, 2.45) is 0 Å². The van der Waals surface area contributed by atoms with Gasteiger partial charge >= 0.3 is 0 Å². The number of nitrogens with one attached hydrogen (secondary N) is 1. The fraction of sp³-hybridized carbons (Fsp3) is 0.200. The first-order valence-electron chi connectivity index (χ1n) is 4.79. The number of H-pyrrole nitrogens is 1. The fourth-order valence-electron chi connectivity index (χ4n) is 1.55. The highest BCUT2D eigenvalue weighted by Crippen LogP contribution is 2.24. The van der Waals surface area contributed by atoms with E-state index >= 15 is 0 Å². The maximum absolute atomic E-state index is 10.8. The Labute approximate surface area is 96.3 Å². The largest absolute Gasteiger partial charge is 0.343 e. The van der Waals surface area contributed by atoms with Crippen LogP contribution >= 0.6 is 12.2 Å². The van der Waals surface area contributed by atoms with Gasteiger partial charge in [-0.2, -0.15) is 0 Å². The molecule has 1 heterocycles. The molecule has 0 bridgehead atoms. The molecule has 0 radical (unpaired) electrons. The molecule has 0 spiro atoms. The predicted octanol–water partition coefficient (Wildman–Crippen LogP) is 2.76. The Balaban J connectivity index is 2.89. The lowest BCUT2D eigenvalue weighted by molar-refractivity contribution is -0.383. The second kappa shape index (κ2) is 3.97. The van der Waals surface area contributed by atoms with Crippen molar-refractivity contribution >= 4 is 28.8 Å². The van der Waals surface area contributed by atoms with Crippen molar-refractivity contribution < 1.29 is 4.92 Å². The summed E-state index contributed by atoms with van der Waals surface area (Å²) in [6, 6.07) is 4.82. The summed E-state index contributed by atoms with van der Waals surface area (Å²) in [5.41, 5.74) is 0.653. The lowest BCUT2D eigenvalue weighted by Gasteiger charge is -2.02. The number of rotatable bonds is 2. The molecular formula is C10H9N3O2S. The van der Waals surface area contributed by atoms with E-state index in [1.54, 1.807) is 12.1 Å². The van der Waals surface area contributed by atoms with Crippen molar-refractivity contribution in [3.8, 4) is 0 Å². The molecule has 5 nitrogen and oxygen atoms in total. The van der Waals surface area contributed by atoms with Gasteiger partial charge in [0, 0.05) is 12.5 Å². The first kappa shape index (κ1) is 10.7. The van der Waals surface area contributed by atoms with E-state index in [1.807, 2.05) is 6.92 Å². The second-order valence-electron chi connectivity index (χ2n) is 3.30. The zero-order chi connectivity index (χ0) is 11.7. The van der Waals surface area contributed by atoms with E-state index in [-0.39, 0.29) is 10.3 Å². The zero-order valence-corrected chi connectivity index (χ0v) is 9.37. The van der Waals surface area contributed by atoms with Crippen LogP contribution in [0.1, 0.15) is 12.7 Å². The Bertz CT molecular complexity index is 621. The molecule has 16 heavy (non-hydrogen) atoms. The van der Waals surface area contributed by atoms with Crippen LogP contribution in [0.5, 0.6) is 0 Å². The van der Waals surface area contributed by atoms with Crippen LogP contribution in [-0.2, 0) is 6.42 Å². The molecule has 82 valence electrons. The lowest BCUT2D eigenvalue weighted by atomic mass is 10.2. The number of nitrogens with zero attached hydrogens (tertiary/aromatic N) is 2. The van der Waals surface area contributed by atoms with Crippen LogP contribution in [0.15, 0.2) is 18.2 Å². The number of nitro groups is 1. The summed E-state index contributed by atoms with van der Waals surface area (Å²) in [6.07, 6.45) is 0.711. The Morgan fingerprint density at radius 3 is 2.94 bits per heavy atom. The van der Waals surface area contributed by atoms with Crippen molar-refractivity contribution in [3.63, 3.8) is 0 Å². The third-order valence-corrected chi connectivity index (χ3v) is 2.60. The van der Waals surface area contributed by atoms with Crippen LogP contribution in [0.25, 0.3) is 10.9 Å². The number of hydrogen-bond acceptors (Lipinski definition) is 4. The Morgan fingerprint density at radius 2 is 2.31 bits per heavy atom. The number of aromatic nitrogens is 2. The van der Waals surface area contributed by atoms with Gasteiger partial charge in [0.15, 0.2) is 0 Å². The van der Waals surface area contributed by atoms with E-state index in [0.29, 0.717) is 17.3 Å². The van der Waals surface area contributed by atoms with Crippen LogP contribution < -0.4 is 0 Å². The first-order chi connectivity index (χ1) is 7.63. The normalized spacial score (nSPS) is 10.6. The van der Waals surface area contributed by atoms with Crippen LogP contribution in [0, 0.1) is 14.8 Å². The lowest BCUT2D eigenvalue weighted by Crippen LogP contribution is -1.97. The molecule has 1 N–H and O–H groups in total. The van der Waals surface area contributed by atoms with Crippen molar-refractivity contribution in [2.45, 2.75) is 13.3 Å². The highest BCUT2D eigenvalue weighted by atomic mass is 32.1. The van der Waals surface area contributed by atoms with Gasteiger partial charge in [0.2, 0.25) is 0 Å². The van der Waals surface area contributed by atoms with Gasteiger partial charge in [0.1, 0.15) is 15.9 Å². The number of fused-ring (bicyclic) bond motifs is 1. The number of hydrogen-bond donors (Lipinski definition) is 1. The Hall–Kier alpha value is -1.82. The van der Waals surface area contributed by atoms with E-state index in [0.717, 1.165) is 5.82 Å². The van der Waals surface area contributed by atoms with Crippen LogP contribution in [0.4, 0.5) is 5.69 Å². The van der Waals surface area contributed by atoms with Crippen LogP contribution in [0.3, 0.4) is 0 Å². The van der Waals surface area contributed by atoms with E-state index in [1.165, 1.54) is 6.07 Å². The average Bonchev–Trinajstić information content (AvgIpc) is 2.27. The highest BCUT2D eigenvalue weighted by molar-refractivity contribution is 7.71. The van der Waals surface area contributed by atoms with Gasteiger partial charge in [-0.25, -0.2) is 4.98 Å². The molecule has 0 saturated carbocycles. The van der Waals surface area contributed by atoms with Gasteiger partial charge in [0.05, 0.1) is 10.4 Å². The monoisotopic (exact) mass is 235 g/mol. The summed E-state index contributed by atoms with van der Waals surface area (Å²) in [5.74, 6) is 0.734. The number of aromatic amines is 1.